The van der Waals surface area contributed by atoms with E-state index < -0.39 is 57.0 Å². The maximum absolute atomic E-state index is 13.3. The minimum absolute atomic E-state index is 0.106. The van der Waals surface area contributed by atoms with Crippen molar-refractivity contribution in [1.29, 1.82) is 0 Å². The molecule has 2 aliphatic carbocycles. The zero-order chi connectivity index (χ0) is 23.3. The first-order chi connectivity index (χ1) is 14.9. The van der Waals surface area contributed by atoms with Crippen LogP contribution < -0.4 is 0 Å². The van der Waals surface area contributed by atoms with Crippen molar-refractivity contribution in [2.45, 2.75) is 28.5 Å². The molecule has 32 heavy (non-hydrogen) atoms. The Balaban J connectivity index is 1.78. The van der Waals surface area contributed by atoms with Gasteiger partial charge in [0.05, 0.1) is 11.8 Å². The second kappa shape index (κ2) is 6.70. The molecule has 6 atom stereocenters. The van der Waals surface area contributed by atoms with Gasteiger partial charge >= 0.3 is 0 Å². The number of hydrogen-bond acceptors (Lipinski definition) is 6. The Morgan fingerprint density at radius 2 is 1.75 bits per heavy atom. The van der Waals surface area contributed by atoms with Gasteiger partial charge in [-0.15, -0.1) is 23.2 Å². The molecule has 1 aromatic rings. The topological polar surface area (TPSA) is 115 Å². The number of aromatic hydroxyl groups is 1. The molecule has 0 aromatic heterocycles. The summed E-state index contributed by atoms with van der Waals surface area (Å²) in [5, 5.41) is 21.0. The molecule has 11 heteroatoms. The molecule has 168 valence electrons. The third kappa shape index (κ3) is 2.38. The first-order valence-electron chi connectivity index (χ1n) is 9.90. The van der Waals surface area contributed by atoms with Crippen LogP contribution in [0.15, 0.2) is 29.8 Å². The molecule has 1 saturated carbocycles. The summed E-state index contributed by atoms with van der Waals surface area (Å²) >= 11 is 20.0. The number of carbonyl (C=O) groups is 4. The average molecular weight is 500 g/mol. The second-order valence-electron chi connectivity index (χ2n) is 8.69. The van der Waals surface area contributed by atoms with Crippen LogP contribution in [0, 0.1) is 17.8 Å². The zero-order valence-electron chi connectivity index (χ0n) is 16.6. The number of rotatable bonds is 1. The maximum Gasteiger partial charge on any atom is 0.257 e. The van der Waals surface area contributed by atoms with Crippen molar-refractivity contribution in [2.24, 2.45) is 17.8 Å². The van der Waals surface area contributed by atoms with E-state index in [-0.39, 0.29) is 34.2 Å². The van der Waals surface area contributed by atoms with Gasteiger partial charge in [-0.1, -0.05) is 23.3 Å². The molecule has 4 aliphatic rings. The van der Waals surface area contributed by atoms with Gasteiger partial charge in [0.25, 0.3) is 23.6 Å². The highest BCUT2D eigenvalue weighted by Gasteiger charge is 2.76. The van der Waals surface area contributed by atoms with Crippen LogP contribution in [0.25, 0.3) is 0 Å². The molecule has 3 fully saturated rings. The van der Waals surface area contributed by atoms with E-state index >= 15 is 0 Å². The Morgan fingerprint density at radius 3 is 2.44 bits per heavy atom. The van der Waals surface area contributed by atoms with E-state index in [4.69, 9.17) is 34.8 Å². The van der Waals surface area contributed by atoms with E-state index in [1.54, 1.807) is 6.08 Å². The Morgan fingerprint density at radius 1 is 1.06 bits per heavy atom. The van der Waals surface area contributed by atoms with Crippen molar-refractivity contribution in [1.82, 2.24) is 9.96 Å². The number of allylic oxidation sites excluding steroid dienone is 2. The van der Waals surface area contributed by atoms with Crippen LogP contribution in [0.3, 0.4) is 0 Å². The highest BCUT2D eigenvalue weighted by molar-refractivity contribution is 6.53. The summed E-state index contributed by atoms with van der Waals surface area (Å²) in [7, 11) is 1.27. The highest BCUT2D eigenvalue weighted by atomic mass is 35.5. The number of fused-ring (bicyclic) bond motifs is 4. The average Bonchev–Trinajstić information content (AvgIpc) is 3.05. The number of phenolic OH excluding ortho intramolecular Hbond substituents is 1. The van der Waals surface area contributed by atoms with Crippen molar-refractivity contribution >= 4 is 58.4 Å². The Bertz CT molecular complexity index is 1150. The van der Waals surface area contributed by atoms with Crippen molar-refractivity contribution in [2.75, 3.05) is 7.05 Å². The van der Waals surface area contributed by atoms with Crippen LogP contribution in [0.5, 0.6) is 5.75 Å². The lowest BCUT2D eigenvalue weighted by Crippen LogP contribution is -2.60. The van der Waals surface area contributed by atoms with Gasteiger partial charge in [0.15, 0.2) is 9.75 Å². The predicted molar refractivity (Wildman–Crippen MR) is 112 cm³/mol. The molecule has 2 saturated heterocycles. The summed E-state index contributed by atoms with van der Waals surface area (Å²) in [6, 6.07) is 4.24. The largest absolute Gasteiger partial charge is 0.508 e. The van der Waals surface area contributed by atoms with E-state index in [0.29, 0.717) is 5.57 Å². The minimum Gasteiger partial charge on any atom is -0.508 e. The molecule has 5 rings (SSSR count). The molecule has 0 bridgehead atoms. The van der Waals surface area contributed by atoms with Gasteiger partial charge in [-0.3, -0.25) is 29.3 Å². The van der Waals surface area contributed by atoms with Crippen LogP contribution in [0.4, 0.5) is 0 Å². The van der Waals surface area contributed by atoms with Crippen molar-refractivity contribution < 1.29 is 29.5 Å². The van der Waals surface area contributed by atoms with Gasteiger partial charge in [0.2, 0.25) is 0 Å². The molecule has 2 N–H and O–H groups in total. The fourth-order valence-corrected chi connectivity index (χ4v) is 7.02. The predicted octanol–water partition coefficient (Wildman–Crippen LogP) is 2.42. The SMILES string of the molecule is CN1C(=O)C2(Cl)CC3C(=CCC4C(=O)N(O)C(=O)C43)C(c3cc(Cl)ccc3O)C2(Cl)C1=O. The monoisotopic (exact) mass is 498 g/mol. The summed E-state index contributed by atoms with van der Waals surface area (Å²) in [6.07, 6.45) is 1.62. The lowest BCUT2D eigenvalue weighted by molar-refractivity contribution is -0.173. The molecule has 8 nitrogen and oxygen atoms in total. The second-order valence-corrected chi connectivity index (χ2v) is 10.4. The number of benzene rings is 1. The van der Waals surface area contributed by atoms with Crippen LogP contribution >= 0.6 is 34.8 Å². The number of alkyl halides is 2. The van der Waals surface area contributed by atoms with Crippen molar-refractivity contribution in [3.63, 3.8) is 0 Å². The Labute approximate surface area is 197 Å². The third-order valence-corrected chi connectivity index (χ3v) is 8.94. The number of amides is 4. The Hall–Kier alpha value is -2.13. The van der Waals surface area contributed by atoms with E-state index in [0.717, 1.165) is 4.90 Å². The first-order valence-corrected chi connectivity index (χ1v) is 11.0. The lowest BCUT2D eigenvalue weighted by Gasteiger charge is -2.50. The first kappa shape index (κ1) is 21.7. The fourth-order valence-electron chi connectivity index (χ4n) is 5.83. The smallest absolute Gasteiger partial charge is 0.257 e. The molecule has 1 aromatic carbocycles. The van der Waals surface area contributed by atoms with Gasteiger partial charge in [0, 0.05) is 23.6 Å². The molecular weight excluding hydrogens is 483 g/mol. The van der Waals surface area contributed by atoms with Crippen molar-refractivity contribution in [3.8, 4) is 5.75 Å². The molecule has 2 aliphatic heterocycles. The van der Waals surface area contributed by atoms with Gasteiger partial charge in [-0.05, 0) is 37.0 Å². The maximum atomic E-state index is 13.3. The van der Waals surface area contributed by atoms with Gasteiger partial charge < -0.3 is 5.11 Å². The van der Waals surface area contributed by atoms with Crippen LogP contribution in [0.2, 0.25) is 5.02 Å². The minimum atomic E-state index is -2.00. The quantitative estimate of drug-likeness (QED) is 0.265. The number of imide groups is 2. The highest BCUT2D eigenvalue weighted by Crippen LogP contribution is 2.65. The molecule has 0 radical (unpaired) electrons. The van der Waals surface area contributed by atoms with Crippen LogP contribution in [-0.4, -0.2) is 60.7 Å². The number of carbonyl (C=O) groups excluding carboxylic acids is 4. The molecule has 6 unspecified atom stereocenters. The molecule has 2 heterocycles. The number of hydrogen-bond donors (Lipinski definition) is 2. The Kier molecular flexibility index (Phi) is 4.54. The van der Waals surface area contributed by atoms with Gasteiger partial charge in [-0.2, -0.15) is 5.06 Å². The van der Waals surface area contributed by atoms with Crippen LogP contribution in [-0.2, 0) is 19.2 Å². The number of phenols is 1. The summed E-state index contributed by atoms with van der Waals surface area (Å²) in [5.74, 6) is -6.85. The number of hydroxylamine groups is 2. The normalized spacial score (nSPS) is 38.6. The fraction of sp³-hybridized carbons (Fsp3) is 0.429. The van der Waals surface area contributed by atoms with Gasteiger partial charge in [-0.25, -0.2) is 0 Å². The standard InChI is InChI=1S/C21H17Cl3N2O6/c1-25-18(30)20(23)7-12-9(3-4-10-14(12)17(29)26(32)16(10)28)15(21(20,24)19(25)31)11-6-8(22)2-5-13(11)27/h2-3,5-6,10,12,14-15,27,32H,4,7H2,1H3. The number of halogens is 3. The summed E-state index contributed by atoms with van der Waals surface area (Å²) in [6.45, 7) is 0. The van der Waals surface area contributed by atoms with E-state index in [9.17, 15) is 29.5 Å². The third-order valence-electron chi connectivity index (χ3n) is 7.29. The van der Waals surface area contributed by atoms with Gasteiger partial charge in [0.1, 0.15) is 5.75 Å². The number of likely N-dealkylation sites (tertiary alicyclic amines) is 1. The molecule has 0 spiro atoms. The molecule has 4 amide bonds. The van der Waals surface area contributed by atoms with Crippen molar-refractivity contribution in [3.05, 3.63) is 40.4 Å². The van der Waals surface area contributed by atoms with E-state index in [1.165, 1.54) is 25.2 Å². The van der Waals surface area contributed by atoms with E-state index in [1.807, 2.05) is 0 Å². The van der Waals surface area contributed by atoms with Crippen LogP contribution in [0.1, 0.15) is 24.3 Å². The van der Waals surface area contributed by atoms with E-state index in [2.05, 4.69) is 0 Å². The summed E-state index contributed by atoms with van der Waals surface area (Å²) in [5.41, 5.74) is 0.684. The zero-order valence-corrected chi connectivity index (χ0v) is 18.9. The molecular formula is C21H17Cl3N2O6. The number of nitrogens with zero attached hydrogens (tertiary/aromatic N) is 2. The summed E-state index contributed by atoms with van der Waals surface area (Å²) in [4.78, 5) is 48.5. The summed E-state index contributed by atoms with van der Waals surface area (Å²) < 4.78 is 0. The lowest BCUT2D eigenvalue weighted by atomic mass is 9.56.